The molecular weight excluding hydrogens is 759 g/mol. The summed E-state index contributed by atoms with van der Waals surface area (Å²) in [6.45, 7) is -0.0502. The van der Waals surface area contributed by atoms with Crippen LogP contribution in [0.15, 0.2) is 249 Å². The van der Waals surface area contributed by atoms with Gasteiger partial charge in [-0.2, -0.15) is 0 Å². The van der Waals surface area contributed by atoms with Crippen LogP contribution < -0.4 is 26.2 Å². The molecule has 10 aromatic carbocycles. The minimum absolute atomic E-state index is 0.0502. The number of hydrogen-bond donors (Lipinski definition) is 0. The van der Waals surface area contributed by atoms with E-state index >= 15 is 0 Å². The van der Waals surface area contributed by atoms with Gasteiger partial charge in [-0.1, -0.05) is 200 Å². The summed E-state index contributed by atoms with van der Waals surface area (Å²) in [5.74, 6) is 0. The number of nitrogens with zero attached hydrogens (tertiary/aromatic N) is 2. The van der Waals surface area contributed by atoms with Gasteiger partial charge in [0.25, 0.3) is 6.71 Å². The average molecular weight is 801 g/mol. The largest absolute Gasteiger partial charge is 0.311 e. The van der Waals surface area contributed by atoms with E-state index in [4.69, 9.17) is 0 Å². The monoisotopic (exact) mass is 800 g/mol. The minimum Gasteiger partial charge on any atom is -0.311 e. The summed E-state index contributed by atoms with van der Waals surface area (Å²) in [7, 11) is 0. The maximum absolute atomic E-state index is 2.53. The Bertz CT molecular complexity index is 3240. The van der Waals surface area contributed by atoms with Gasteiger partial charge < -0.3 is 9.80 Å². The van der Waals surface area contributed by atoms with Gasteiger partial charge in [0.1, 0.15) is 0 Å². The number of anilines is 6. The summed E-state index contributed by atoms with van der Waals surface area (Å²) in [6.07, 6.45) is 0. The van der Waals surface area contributed by atoms with Gasteiger partial charge in [0, 0.05) is 34.1 Å². The van der Waals surface area contributed by atoms with E-state index in [1.807, 2.05) is 0 Å². The molecule has 0 radical (unpaired) electrons. The van der Waals surface area contributed by atoms with E-state index in [0.717, 1.165) is 11.4 Å². The predicted octanol–water partition coefficient (Wildman–Crippen LogP) is 14.1. The Morgan fingerprint density at radius 2 is 0.619 bits per heavy atom. The van der Waals surface area contributed by atoms with Crippen molar-refractivity contribution in [3.05, 3.63) is 249 Å². The standard InChI is InChI=1S/C60H41BN2/c1-6-17-42(18-7-1)46-29-34-51(35-30-46)62-55-28-16-27-53(48-25-14-5-15-26-48)59(55)61-54-38-33-49(44-21-10-3-11-22-44)39-56(54)63(52-36-31-47(32-37-52)43-19-8-2-9-20-43)58-41-50(40-57(62)60(58)61)45-23-12-4-13-24-45/h1-41H. The molecule has 0 unspecified atom stereocenters. The second-order valence-electron chi connectivity index (χ2n) is 16.5. The maximum Gasteiger partial charge on any atom is 0.252 e. The number of rotatable bonds is 7. The van der Waals surface area contributed by atoms with Gasteiger partial charge >= 0.3 is 0 Å². The van der Waals surface area contributed by atoms with Crippen molar-refractivity contribution in [3.63, 3.8) is 0 Å². The van der Waals surface area contributed by atoms with Crippen LogP contribution in [-0.4, -0.2) is 6.71 Å². The van der Waals surface area contributed by atoms with Crippen molar-refractivity contribution < 1.29 is 0 Å². The summed E-state index contributed by atoms with van der Waals surface area (Å²) in [4.78, 5) is 5.06. The minimum atomic E-state index is -0.0502. The highest BCUT2D eigenvalue weighted by molar-refractivity contribution is 7.01. The molecule has 10 aromatic rings. The molecule has 12 rings (SSSR count). The molecule has 2 aliphatic rings. The summed E-state index contributed by atoms with van der Waals surface area (Å²) >= 11 is 0. The van der Waals surface area contributed by atoms with Crippen molar-refractivity contribution in [3.8, 4) is 55.6 Å². The Kier molecular flexibility index (Phi) is 8.97. The fraction of sp³-hybridized carbons (Fsp3) is 0. The molecule has 0 saturated heterocycles. The molecule has 0 spiro atoms. The Labute approximate surface area is 369 Å². The second kappa shape index (κ2) is 15.4. The van der Waals surface area contributed by atoms with Gasteiger partial charge in [-0.15, -0.1) is 0 Å². The normalized spacial score (nSPS) is 12.3. The van der Waals surface area contributed by atoms with Crippen molar-refractivity contribution in [2.24, 2.45) is 0 Å². The molecule has 294 valence electrons. The van der Waals surface area contributed by atoms with Crippen molar-refractivity contribution in [2.45, 2.75) is 0 Å². The van der Waals surface area contributed by atoms with E-state index in [0.29, 0.717) is 0 Å². The smallest absolute Gasteiger partial charge is 0.252 e. The third-order valence-corrected chi connectivity index (χ3v) is 12.9. The lowest BCUT2D eigenvalue weighted by Gasteiger charge is -2.45. The van der Waals surface area contributed by atoms with Gasteiger partial charge in [-0.25, -0.2) is 0 Å². The molecule has 0 bridgehead atoms. The summed E-state index contributed by atoms with van der Waals surface area (Å²) in [5, 5.41) is 0. The lowest BCUT2D eigenvalue weighted by Crippen LogP contribution is -2.61. The third kappa shape index (κ3) is 6.37. The first kappa shape index (κ1) is 36.7. The molecule has 63 heavy (non-hydrogen) atoms. The van der Waals surface area contributed by atoms with Gasteiger partial charge in [0.05, 0.1) is 0 Å². The van der Waals surface area contributed by atoms with Crippen LogP contribution in [0.5, 0.6) is 0 Å². The molecule has 0 saturated carbocycles. The highest BCUT2D eigenvalue weighted by Gasteiger charge is 2.45. The topological polar surface area (TPSA) is 6.48 Å². The van der Waals surface area contributed by atoms with Crippen molar-refractivity contribution in [1.82, 2.24) is 0 Å². The van der Waals surface area contributed by atoms with Crippen molar-refractivity contribution >= 4 is 57.2 Å². The molecule has 2 heterocycles. The first-order valence-electron chi connectivity index (χ1n) is 21.8. The quantitative estimate of drug-likeness (QED) is 0.148. The van der Waals surface area contributed by atoms with E-state index in [9.17, 15) is 0 Å². The van der Waals surface area contributed by atoms with Crippen LogP contribution in [0.4, 0.5) is 34.1 Å². The number of fused-ring (bicyclic) bond motifs is 4. The van der Waals surface area contributed by atoms with E-state index < -0.39 is 0 Å². The molecule has 2 nitrogen and oxygen atoms in total. The van der Waals surface area contributed by atoms with Crippen LogP contribution in [-0.2, 0) is 0 Å². The maximum atomic E-state index is 2.53. The second-order valence-corrected chi connectivity index (χ2v) is 16.5. The molecule has 3 heteroatoms. The molecule has 0 aliphatic carbocycles. The highest BCUT2D eigenvalue weighted by atomic mass is 15.2. The third-order valence-electron chi connectivity index (χ3n) is 12.9. The summed E-state index contributed by atoms with van der Waals surface area (Å²) in [5.41, 5.74) is 22.9. The lowest BCUT2D eigenvalue weighted by atomic mass is 9.32. The molecule has 0 atom stereocenters. The van der Waals surface area contributed by atoms with Gasteiger partial charge in [-0.05, 0) is 121 Å². The first-order chi connectivity index (χ1) is 31.3. The van der Waals surface area contributed by atoms with E-state index in [1.165, 1.54) is 94.8 Å². The van der Waals surface area contributed by atoms with Crippen LogP contribution in [0.25, 0.3) is 55.6 Å². The fourth-order valence-electron chi connectivity index (χ4n) is 9.94. The molecular formula is C60H41BN2. The van der Waals surface area contributed by atoms with E-state index in [2.05, 4.69) is 259 Å². The molecule has 0 N–H and O–H groups in total. The Morgan fingerprint density at radius 3 is 1.11 bits per heavy atom. The molecule has 0 aromatic heterocycles. The Hall–Kier alpha value is -8.14. The SMILES string of the molecule is c1ccc(-c2ccc(N3c4cc(-c5ccccc5)ccc4B4c5c(-c6ccccc6)cccc5N(c5ccc(-c6ccccc6)cc5)c5cc(-c6ccccc6)cc3c54)cc2)cc1. The zero-order valence-corrected chi connectivity index (χ0v) is 34.6. The zero-order chi connectivity index (χ0) is 41.7. The predicted molar refractivity (Wildman–Crippen MR) is 268 cm³/mol. The highest BCUT2D eigenvalue weighted by Crippen LogP contribution is 2.48. The van der Waals surface area contributed by atoms with Gasteiger partial charge in [-0.3, -0.25) is 0 Å². The van der Waals surface area contributed by atoms with Crippen LogP contribution in [0, 0.1) is 0 Å². The average Bonchev–Trinajstić information content (AvgIpc) is 3.37. The Balaban J connectivity index is 1.17. The van der Waals surface area contributed by atoms with Crippen molar-refractivity contribution in [2.75, 3.05) is 9.80 Å². The fourth-order valence-corrected chi connectivity index (χ4v) is 9.94. The van der Waals surface area contributed by atoms with Gasteiger partial charge in [0.2, 0.25) is 0 Å². The van der Waals surface area contributed by atoms with Gasteiger partial charge in [0.15, 0.2) is 0 Å². The van der Waals surface area contributed by atoms with Crippen LogP contribution >= 0.6 is 0 Å². The summed E-state index contributed by atoms with van der Waals surface area (Å²) in [6, 6.07) is 91.1. The number of benzene rings is 10. The van der Waals surface area contributed by atoms with E-state index in [-0.39, 0.29) is 6.71 Å². The molecule has 0 fully saturated rings. The summed E-state index contributed by atoms with van der Waals surface area (Å²) < 4.78 is 0. The zero-order valence-electron chi connectivity index (χ0n) is 34.6. The lowest BCUT2D eigenvalue weighted by molar-refractivity contribution is 1.25. The van der Waals surface area contributed by atoms with Crippen molar-refractivity contribution in [1.29, 1.82) is 0 Å². The Morgan fingerprint density at radius 1 is 0.238 bits per heavy atom. The number of hydrogen-bond acceptors (Lipinski definition) is 2. The van der Waals surface area contributed by atoms with Crippen LogP contribution in [0.3, 0.4) is 0 Å². The molecule has 2 aliphatic heterocycles. The first-order valence-corrected chi connectivity index (χ1v) is 21.8. The van der Waals surface area contributed by atoms with Crippen LogP contribution in [0.2, 0.25) is 0 Å². The van der Waals surface area contributed by atoms with E-state index in [1.54, 1.807) is 0 Å². The van der Waals surface area contributed by atoms with Crippen LogP contribution in [0.1, 0.15) is 0 Å². The molecule has 0 amide bonds.